The number of aromatic nitrogens is 1. The molecule has 13 heteroatoms. The molecule has 1 amide bonds. The van der Waals surface area contributed by atoms with Gasteiger partial charge in [-0.1, -0.05) is 0 Å². The quantitative estimate of drug-likeness (QED) is 0.201. The smallest absolute Gasteiger partial charge is 0.371 e. The Morgan fingerprint density at radius 3 is 2.66 bits per heavy atom. The number of halogens is 6. The number of alkyl halides is 4. The summed E-state index contributed by atoms with van der Waals surface area (Å²) in [4.78, 5) is 23.9. The molecule has 1 heterocycles. The lowest BCUT2D eigenvalue weighted by molar-refractivity contribution is -0.137. The SMILES string of the molecule is Cc1cc(C(F)(F)F)cnc1C(=O)Nc1cc(F)c(F)c([C@H]2C[C@H]2NOC(N)=NCF)c1. The van der Waals surface area contributed by atoms with E-state index in [1.54, 1.807) is 0 Å². The minimum atomic E-state index is -4.62. The number of pyridine rings is 1. The van der Waals surface area contributed by atoms with E-state index in [9.17, 15) is 31.1 Å². The van der Waals surface area contributed by atoms with Gasteiger partial charge in [0.25, 0.3) is 5.91 Å². The Kier molecular flexibility index (Phi) is 6.57. The predicted octanol–water partition coefficient (Wildman–Crippen LogP) is 3.56. The summed E-state index contributed by atoms with van der Waals surface area (Å²) in [5, 5.41) is 2.31. The number of aliphatic imine (C=N–C) groups is 1. The van der Waals surface area contributed by atoms with Crippen molar-refractivity contribution in [3.05, 3.63) is 58.4 Å². The average molecular weight is 461 g/mol. The Balaban J connectivity index is 1.74. The van der Waals surface area contributed by atoms with Crippen LogP contribution in [0.15, 0.2) is 29.4 Å². The van der Waals surface area contributed by atoms with Crippen molar-refractivity contribution in [2.75, 3.05) is 12.1 Å². The summed E-state index contributed by atoms with van der Waals surface area (Å²) in [6, 6.07) is 1.76. The number of amidine groups is 1. The van der Waals surface area contributed by atoms with Gasteiger partial charge in [-0.25, -0.2) is 18.2 Å². The minimum Gasteiger partial charge on any atom is -0.371 e. The van der Waals surface area contributed by atoms with Gasteiger partial charge in [0.1, 0.15) is 5.69 Å². The van der Waals surface area contributed by atoms with Gasteiger partial charge in [0.05, 0.1) is 11.6 Å². The van der Waals surface area contributed by atoms with Crippen LogP contribution >= 0.6 is 0 Å². The highest BCUT2D eigenvalue weighted by Crippen LogP contribution is 2.43. The van der Waals surface area contributed by atoms with Gasteiger partial charge >= 0.3 is 12.2 Å². The number of carbonyl (C=O) groups is 1. The number of hydroxylamine groups is 1. The molecule has 32 heavy (non-hydrogen) atoms. The van der Waals surface area contributed by atoms with Gasteiger partial charge in [-0.2, -0.15) is 13.2 Å². The van der Waals surface area contributed by atoms with Gasteiger partial charge in [0.2, 0.25) is 0 Å². The van der Waals surface area contributed by atoms with Crippen LogP contribution in [0.5, 0.6) is 0 Å². The standard InChI is InChI=1S/C19H17F6N5O2/c1-8-2-9(19(23,24)25)6-27-16(8)17(31)29-10-3-12(15(22)13(21)4-10)11-5-14(11)30-32-18(26)28-7-20/h2-4,6,11,14,30H,5,7H2,1H3,(H2,26,28)(H,29,31)/t11-,14-/m1/s1. The van der Waals surface area contributed by atoms with Crippen molar-refractivity contribution >= 4 is 17.6 Å². The van der Waals surface area contributed by atoms with E-state index in [0.717, 1.165) is 12.1 Å². The molecule has 1 saturated carbocycles. The van der Waals surface area contributed by atoms with Crippen LogP contribution in [0.1, 0.15) is 39.5 Å². The molecule has 0 radical (unpaired) electrons. The molecule has 1 aliphatic rings. The lowest BCUT2D eigenvalue weighted by Crippen LogP contribution is -2.28. The van der Waals surface area contributed by atoms with Crippen LogP contribution in [0.25, 0.3) is 0 Å². The fourth-order valence-corrected chi connectivity index (χ4v) is 3.01. The topological polar surface area (TPSA) is 102 Å². The Morgan fingerprint density at radius 1 is 1.31 bits per heavy atom. The maximum Gasteiger partial charge on any atom is 0.417 e. The summed E-state index contributed by atoms with van der Waals surface area (Å²) in [6.45, 7) is 0.183. The van der Waals surface area contributed by atoms with E-state index in [1.807, 2.05) is 0 Å². The molecule has 2 aromatic rings. The molecule has 2 atom stereocenters. The molecule has 7 nitrogen and oxygen atoms in total. The molecule has 0 saturated heterocycles. The second-order valence-electron chi connectivity index (χ2n) is 6.99. The van der Waals surface area contributed by atoms with Crippen LogP contribution in [-0.4, -0.2) is 29.8 Å². The molecule has 172 valence electrons. The highest BCUT2D eigenvalue weighted by Gasteiger charge is 2.42. The van der Waals surface area contributed by atoms with Crippen molar-refractivity contribution in [3.63, 3.8) is 0 Å². The molecule has 1 aromatic heterocycles. The second-order valence-corrected chi connectivity index (χ2v) is 6.99. The first kappa shape index (κ1) is 23.3. The van der Waals surface area contributed by atoms with Gasteiger partial charge in [-0.3, -0.25) is 9.78 Å². The van der Waals surface area contributed by atoms with E-state index in [4.69, 9.17) is 10.6 Å². The third-order valence-corrected chi connectivity index (χ3v) is 4.66. The molecule has 0 bridgehead atoms. The van der Waals surface area contributed by atoms with Crippen molar-refractivity contribution in [1.82, 2.24) is 10.5 Å². The average Bonchev–Trinajstić information content (AvgIpc) is 3.48. The number of aryl methyl sites for hydroxylation is 1. The third-order valence-electron chi connectivity index (χ3n) is 4.66. The summed E-state index contributed by atoms with van der Waals surface area (Å²) in [5.74, 6) is -3.80. The summed E-state index contributed by atoms with van der Waals surface area (Å²) < 4.78 is 78.7. The lowest BCUT2D eigenvalue weighted by atomic mass is 10.1. The normalized spacial score (nSPS) is 18.4. The fourth-order valence-electron chi connectivity index (χ4n) is 3.01. The van der Waals surface area contributed by atoms with Crippen molar-refractivity contribution in [2.24, 2.45) is 10.7 Å². The summed E-state index contributed by atoms with van der Waals surface area (Å²) in [7, 11) is 0. The number of rotatable bonds is 6. The van der Waals surface area contributed by atoms with Gasteiger partial charge in [0.15, 0.2) is 18.4 Å². The van der Waals surface area contributed by atoms with Crippen molar-refractivity contribution < 1.29 is 36.0 Å². The lowest BCUT2D eigenvalue weighted by Gasteiger charge is -2.12. The minimum absolute atomic E-state index is 0.0451. The fraction of sp³-hybridized carbons (Fsp3) is 0.316. The van der Waals surface area contributed by atoms with Crippen LogP contribution in [0, 0.1) is 18.6 Å². The van der Waals surface area contributed by atoms with E-state index < -0.39 is 54.1 Å². The van der Waals surface area contributed by atoms with E-state index in [1.165, 1.54) is 13.0 Å². The highest BCUT2D eigenvalue weighted by molar-refractivity contribution is 6.03. The van der Waals surface area contributed by atoms with Gasteiger partial charge in [0, 0.05) is 23.9 Å². The predicted molar refractivity (Wildman–Crippen MR) is 101 cm³/mol. The number of hydrogen-bond acceptors (Lipinski definition) is 5. The number of amides is 1. The van der Waals surface area contributed by atoms with Gasteiger partial charge < -0.3 is 15.9 Å². The Labute approximate surface area is 177 Å². The molecular weight excluding hydrogens is 444 g/mol. The zero-order valence-electron chi connectivity index (χ0n) is 16.4. The zero-order chi connectivity index (χ0) is 23.6. The van der Waals surface area contributed by atoms with E-state index in [-0.39, 0.29) is 22.5 Å². The maximum atomic E-state index is 14.3. The number of nitrogens with one attached hydrogen (secondary N) is 2. The number of benzene rings is 1. The van der Waals surface area contributed by atoms with Crippen LogP contribution in [-0.2, 0) is 11.0 Å². The van der Waals surface area contributed by atoms with Crippen LogP contribution in [0.2, 0.25) is 0 Å². The Bertz CT molecular complexity index is 1060. The number of hydrogen-bond donors (Lipinski definition) is 3. The molecule has 1 aliphatic carbocycles. The van der Waals surface area contributed by atoms with Crippen molar-refractivity contribution in [3.8, 4) is 0 Å². The summed E-state index contributed by atoms with van der Waals surface area (Å²) in [6.07, 6.45) is -3.78. The molecule has 1 fully saturated rings. The largest absolute Gasteiger partial charge is 0.417 e. The molecule has 1 aromatic carbocycles. The molecule has 0 spiro atoms. The van der Waals surface area contributed by atoms with Crippen LogP contribution in [0.4, 0.5) is 32.0 Å². The number of carbonyl (C=O) groups excluding carboxylic acids is 1. The Morgan fingerprint density at radius 2 is 2.03 bits per heavy atom. The molecular formula is C19H17F6N5O2. The monoisotopic (exact) mass is 461 g/mol. The number of anilines is 1. The molecule has 4 N–H and O–H groups in total. The van der Waals surface area contributed by atoms with E-state index >= 15 is 0 Å². The van der Waals surface area contributed by atoms with E-state index in [0.29, 0.717) is 12.6 Å². The Hall–Kier alpha value is -3.35. The number of nitrogens with two attached hydrogens (primary N) is 1. The third kappa shape index (κ3) is 5.28. The van der Waals surface area contributed by atoms with Crippen LogP contribution < -0.4 is 16.5 Å². The summed E-state index contributed by atoms with van der Waals surface area (Å²) in [5.41, 5.74) is 6.15. The zero-order valence-corrected chi connectivity index (χ0v) is 16.4. The first-order chi connectivity index (χ1) is 15.0. The molecule has 0 unspecified atom stereocenters. The highest BCUT2D eigenvalue weighted by atomic mass is 19.4. The molecule has 0 aliphatic heterocycles. The maximum absolute atomic E-state index is 14.3. The summed E-state index contributed by atoms with van der Waals surface area (Å²) >= 11 is 0. The first-order valence-corrected chi connectivity index (χ1v) is 9.13. The first-order valence-electron chi connectivity index (χ1n) is 9.13. The molecule has 3 rings (SSSR count). The van der Waals surface area contributed by atoms with Crippen LogP contribution in [0.3, 0.4) is 0 Å². The second kappa shape index (κ2) is 9.02. The van der Waals surface area contributed by atoms with Crippen molar-refractivity contribution in [2.45, 2.75) is 31.5 Å². The van der Waals surface area contributed by atoms with Gasteiger partial charge in [-0.15, -0.1) is 5.48 Å². The van der Waals surface area contributed by atoms with Crippen molar-refractivity contribution in [1.29, 1.82) is 0 Å². The van der Waals surface area contributed by atoms with Gasteiger partial charge in [-0.05, 0) is 36.6 Å². The number of nitrogens with zero attached hydrogens (tertiary/aromatic N) is 2. The van der Waals surface area contributed by atoms with E-state index in [2.05, 4.69) is 20.8 Å².